The molecule has 0 bridgehead atoms. The van der Waals surface area contributed by atoms with Gasteiger partial charge in [-0.05, 0) is 37.0 Å². The molecule has 0 radical (unpaired) electrons. The topological polar surface area (TPSA) is 62.5 Å². The summed E-state index contributed by atoms with van der Waals surface area (Å²) in [7, 11) is 0. The molecular formula is C18H26ClIN4O. The number of rotatable bonds is 7. The Labute approximate surface area is 171 Å². The third-order valence-corrected chi connectivity index (χ3v) is 3.74. The molecule has 1 aromatic heterocycles. The molecule has 0 amide bonds. The predicted octanol–water partition coefficient (Wildman–Crippen LogP) is 4.37. The minimum Gasteiger partial charge on any atom is -0.359 e. The summed E-state index contributed by atoms with van der Waals surface area (Å²) in [6, 6.07) is 9.86. The second-order valence-electron chi connectivity index (χ2n) is 5.87. The van der Waals surface area contributed by atoms with Gasteiger partial charge in [-0.2, -0.15) is 0 Å². The summed E-state index contributed by atoms with van der Waals surface area (Å²) in [6.45, 7) is 8.26. The first kappa shape index (κ1) is 21.8. The minimum atomic E-state index is 0. The maximum atomic E-state index is 6.00. The van der Waals surface area contributed by atoms with Crippen LogP contribution in [0.25, 0.3) is 0 Å². The number of nitrogens with zero attached hydrogens (tertiary/aromatic N) is 2. The summed E-state index contributed by atoms with van der Waals surface area (Å²) in [5.74, 6) is 1.89. The van der Waals surface area contributed by atoms with Crippen LogP contribution in [-0.4, -0.2) is 24.2 Å². The van der Waals surface area contributed by atoms with E-state index in [4.69, 9.17) is 16.1 Å². The van der Waals surface area contributed by atoms with E-state index in [9.17, 15) is 0 Å². The summed E-state index contributed by atoms with van der Waals surface area (Å²) in [5.41, 5.74) is 2.15. The zero-order valence-electron chi connectivity index (χ0n) is 14.9. The SMILES string of the molecule is CCNC(=NCc1cc(C(C)C)no1)NCCc1cccc(Cl)c1.I. The average Bonchev–Trinajstić information content (AvgIpc) is 3.02. The third kappa shape index (κ3) is 7.64. The minimum absolute atomic E-state index is 0. The summed E-state index contributed by atoms with van der Waals surface area (Å²) in [4.78, 5) is 4.54. The first-order valence-corrected chi connectivity index (χ1v) is 8.68. The summed E-state index contributed by atoms with van der Waals surface area (Å²) in [6.07, 6.45) is 0.880. The highest BCUT2D eigenvalue weighted by atomic mass is 127. The Morgan fingerprint density at radius 3 is 2.72 bits per heavy atom. The lowest BCUT2D eigenvalue weighted by molar-refractivity contribution is 0.376. The van der Waals surface area contributed by atoms with Crippen molar-refractivity contribution in [1.29, 1.82) is 0 Å². The van der Waals surface area contributed by atoms with Crippen LogP contribution in [-0.2, 0) is 13.0 Å². The van der Waals surface area contributed by atoms with Gasteiger partial charge in [0.05, 0.1) is 5.69 Å². The van der Waals surface area contributed by atoms with Crippen LogP contribution >= 0.6 is 35.6 Å². The van der Waals surface area contributed by atoms with Gasteiger partial charge in [0.1, 0.15) is 6.54 Å². The summed E-state index contributed by atoms with van der Waals surface area (Å²) >= 11 is 6.00. The molecule has 1 aromatic carbocycles. The smallest absolute Gasteiger partial charge is 0.191 e. The quantitative estimate of drug-likeness (QED) is 0.354. The number of nitrogens with one attached hydrogen (secondary N) is 2. The standard InChI is InChI=1S/C18H25ClN4O.HI/c1-4-20-18(21-9-8-14-6-5-7-15(19)10-14)22-12-16-11-17(13(2)3)23-24-16;/h5-7,10-11,13H,4,8-9,12H2,1-3H3,(H2,20,21,22);1H. The number of guanidine groups is 1. The van der Waals surface area contributed by atoms with Gasteiger partial charge < -0.3 is 15.2 Å². The van der Waals surface area contributed by atoms with Crippen molar-refractivity contribution in [3.05, 3.63) is 52.4 Å². The molecule has 0 aliphatic rings. The largest absolute Gasteiger partial charge is 0.359 e. The molecular weight excluding hydrogens is 451 g/mol. The normalized spacial score (nSPS) is 11.3. The molecule has 0 spiro atoms. The number of aliphatic imine (C=N–C) groups is 1. The van der Waals surface area contributed by atoms with Gasteiger partial charge in [-0.1, -0.05) is 42.7 Å². The molecule has 7 heteroatoms. The lowest BCUT2D eigenvalue weighted by Gasteiger charge is -2.11. The second-order valence-corrected chi connectivity index (χ2v) is 6.31. The van der Waals surface area contributed by atoms with E-state index in [1.54, 1.807) is 0 Å². The van der Waals surface area contributed by atoms with E-state index >= 15 is 0 Å². The molecule has 0 aliphatic carbocycles. The van der Waals surface area contributed by atoms with Gasteiger partial charge >= 0.3 is 0 Å². The molecule has 25 heavy (non-hydrogen) atoms. The Balaban J connectivity index is 0.00000312. The maximum absolute atomic E-state index is 6.00. The van der Waals surface area contributed by atoms with Crippen LogP contribution in [0.5, 0.6) is 0 Å². The molecule has 0 atom stereocenters. The van der Waals surface area contributed by atoms with E-state index in [1.165, 1.54) is 5.56 Å². The van der Waals surface area contributed by atoms with Gasteiger partial charge in [0.15, 0.2) is 11.7 Å². The predicted molar refractivity (Wildman–Crippen MR) is 114 cm³/mol. The number of hydrogen-bond donors (Lipinski definition) is 2. The van der Waals surface area contributed by atoms with Crippen LogP contribution in [0.1, 0.15) is 43.7 Å². The van der Waals surface area contributed by atoms with Crippen molar-refractivity contribution in [3.63, 3.8) is 0 Å². The van der Waals surface area contributed by atoms with Crippen molar-refractivity contribution >= 4 is 41.5 Å². The Morgan fingerprint density at radius 2 is 2.08 bits per heavy atom. The highest BCUT2D eigenvalue weighted by Gasteiger charge is 2.07. The fourth-order valence-electron chi connectivity index (χ4n) is 2.19. The molecule has 2 aromatic rings. The fourth-order valence-corrected chi connectivity index (χ4v) is 2.40. The molecule has 2 N–H and O–H groups in total. The second kappa shape index (κ2) is 11.4. The van der Waals surface area contributed by atoms with Gasteiger partial charge in [0.2, 0.25) is 0 Å². The molecule has 0 fully saturated rings. The van der Waals surface area contributed by atoms with Crippen molar-refractivity contribution in [3.8, 4) is 0 Å². The molecule has 0 unspecified atom stereocenters. The van der Waals surface area contributed by atoms with E-state index in [2.05, 4.69) is 40.7 Å². The maximum Gasteiger partial charge on any atom is 0.191 e. The molecule has 2 rings (SSSR count). The number of aromatic nitrogens is 1. The van der Waals surface area contributed by atoms with Crippen molar-refractivity contribution in [2.24, 2.45) is 4.99 Å². The Hall–Kier alpha value is -1.28. The molecule has 0 aliphatic heterocycles. The van der Waals surface area contributed by atoms with E-state index in [0.29, 0.717) is 12.5 Å². The van der Waals surface area contributed by atoms with Crippen molar-refractivity contribution in [2.75, 3.05) is 13.1 Å². The van der Waals surface area contributed by atoms with Gasteiger partial charge in [0, 0.05) is 24.2 Å². The summed E-state index contributed by atoms with van der Waals surface area (Å²) in [5, 5.41) is 11.4. The van der Waals surface area contributed by atoms with Gasteiger partial charge in [-0.25, -0.2) is 4.99 Å². The number of hydrogen-bond acceptors (Lipinski definition) is 3. The van der Waals surface area contributed by atoms with Gasteiger partial charge in [0.25, 0.3) is 0 Å². The molecule has 138 valence electrons. The van der Waals surface area contributed by atoms with Crippen LogP contribution in [0.2, 0.25) is 5.02 Å². The Bertz CT molecular complexity index is 673. The van der Waals surface area contributed by atoms with E-state index in [-0.39, 0.29) is 24.0 Å². The molecule has 1 heterocycles. The lowest BCUT2D eigenvalue weighted by Crippen LogP contribution is -2.38. The highest BCUT2D eigenvalue weighted by molar-refractivity contribution is 14.0. The molecule has 0 saturated heterocycles. The zero-order valence-corrected chi connectivity index (χ0v) is 18.0. The van der Waals surface area contributed by atoms with Gasteiger partial charge in [-0.3, -0.25) is 0 Å². The molecule has 5 nitrogen and oxygen atoms in total. The average molecular weight is 477 g/mol. The monoisotopic (exact) mass is 476 g/mol. The van der Waals surface area contributed by atoms with E-state index < -0.39 is 0 Å². The molecule has 0 saturated carbocycles. The Morgan fingerprint density at radius 1 is 1.28 bits per heavy atom. The first-order valence-electron chi connectivity index (χ1n) is 8.30. The van der Waals surface area contributed by atoms with Crippen LogP contribution in [0.4, 0.5) is 0 Å². The number of halogens is 2. The fraction of sp³-hybridized carbons (Fsp3) is 0.444. The van der Waals surface area contributed by atoms with Crippen LogP contribution in [0, 0.1) is 0 Å². The first-order chi connectivity index (χ1) is 11.6. The Kier molecular flexibility index (Phi) is 9.89. The lowest BCUT2D eigenvalue weighted by atomic mass is 10.1. The van der Waals surface area contributed by atoms with Crippen molar-refractivity contribution < 1.29 is 4.52 Å². The van der Waals surface area contributed by atoms with Crippen LogP contribution in [0.15, 0.2) is 39.8 Å². The van der Waals surface area contributed by atoms with E-state index in [0.717, 1.165) is 41.9 Å². The van der Waals surface area contributed by atoms with Crippen molar-refractivity contribution in [2.45, 2.75) is 39.7 Å². The number of benzene rings is 1. The third-order valence-electron chi connectivity index (χ3n) is 3.50. The zero-order chi connectivity index (χ0) is 17.4. The summed E-state index contributed by atoms with van der Waals surface area (Å²) < 4.78 is 5.31. The van der Waals surface area contributed by atoms with Crippen LogP contribution < -0.4 is 10.6 Å². The van der Waals surface area contributed by atoms with E-state index in [1.807, 2.05) is 31.2 Å². The highest BCUT2D eigenvalue weighted by Crippen LogP contribution is 2.14. The van der Waals surface area contributed by atoms with Crippen molar-refractivity contribution in [1.82, 2.24) is 15.8 Å². The van der Waals surface area contributed by atoms with Gasteiger partial charge in [-0.15, -0.1) is 24.0 Å². The van der Waals surface area contributed by atoms with Crippen LogP contribution in [0.3, 0.4) is 0 Å².